The van der Waals surface area contributed by atoms with Crippen LogP contribution in [0.5, 0.6) is 5.75 Å². The molecule has 25 heavy (non-hydrogen) atoms. The summed E-state index contributed by atoms with van der Waals surface area (Å²) in [5.74, 6) is 2.56. The lowest BCUT2D eigenvalue weighted by atomic mass is 10.1. The summed E-state index contributed by atoms with van der Waals surface area (Å²) in [4.78, 5) is 4.71. The Morgan fingerprint density at radius 1 is 1.16 bits per heavy atom. The first kappa shape index (κ1) is 19.6. The Bertz CT molecular complexity index is 547. The molecule has 1 aliphatic carbocycles. The molecule has 0 atom stereocenters. The van der Waals surface area contributed by atoms with Crippen molar-refractivity contribution in [1.82, 2.24) is 16.0 Å². The highest BCUT2D eigenvalue weighted by atomic mass is 16.5. The van der Waals surface area contributed by atoms with Gasteiger partial charge in [0, 0.05) is 30.7 Å². The van der Waals surface area contributed by atoms with E-state index in [4.69, 9.17) is 9.73 Å². The Morgan fingerprint density at radius 3 is 2.60 bits per heavy atom. The van der Waals surface area contributed by atoms with Crippen molar-refractivity contribution in [3.63, 3.8) is 0 Å². The number of para-hydroxylation sites is 1. The number of hydrogen-bond donors (Lipinski definition) is 3. The van der Waals surface area contributed by atoms with Gasteiger partial charge in [-0.2, -0.15) is 0 Å². The van der Waals surface area contributed by atoms with Crippen LogP contribution in [-0.4, -0.2) is 37.7 Å². The molecule has 1 aliphatic rings. The minimum absolute atomic E-state index is 0.134. The van der Waals surface area contributed by atoms with Crippen LogP contribution >= 0.6 is 0 Å². The summed E-state index contributed by atoms with van der Waals surface area (Å²) >= 11 is 0. The maximum Gasteiger partial charge on any atom is 0.191 e. The number of nitrogens with one attached hydrogen (secondary N) is 3. The molecule has 0 aromatic heterocycles. The van der Waals surface area contributed by atoms with E-state index in [0.29, 0.717) is 6.54 Å². The van der Waals surface area contributed by atoms with Gasteiger partial charge in [-0.1, -0.05) is 18.2 Å². The summed E-state index contributed by atoms with van der Waals surface area (Å²) in [7, 11) is 0. The SMILES string of the molecule is CCNC(=NCc1ccccc1OCC1CC1)NCCNC(C)(C)C. The van der Waals surface area contributed by atoms with Crippen LogP contribution in [0.4, 0.5) is 0 Å². The van der Waals surface area contributed by atoms with Crippen LogP contribution in [0.3, 0.4) is 0 Å². The molecule has 0 radical (unpaired) electrons. The van der Waals surface area contributed by atoms with Gasteiger partial charge in [-0.25, -0.2) is 4.99 Å². The van der Waals surface area contributed by atoms with Gasteiger partial charge in [-0.05, 0) is 52.5 Å². The quantitative estimate of drug-likeness (QED) is 0.366. The Hall–Kier alpha value is -1.75. The van der Waals surface area contributed by atoms with E-state index in [-0.39, 0.29) is 5.54 Å². The second-order valence-corrected chi connectivity index (χ2v) is 7.66. The summed E-state index contributed by atoms with van der Waals surface area (Å²) in [6.07, 6.45) is 2.61. The van der Waals surface area contributed by atoms with Crippen molar-refractivity contribution in [3.05, 3.63) is 29.8 Å². The molecule has 2 rings (SSSR count). The zero-order chi connectivity index (χ0) is 18.1. The maximum atomic E-state index is 5.97. The van der Waals surface area contributed by atoms with E-state index in [0.717, 1.165) is 49.4 Å². The third-order valence-electron chi connectivity index (χ3n) is 3.97. The molecule has 1 aromatic rings. The van der Waals surface area contributed by atoms with E-state index >= 15 is 0 Å². The molecule has 0 aliphatic heterocycles. The lowest BCUT2D eigenvalue weighted by Crippen LogP contribution is -2.44. The van der Waals surface area contributed by atoms with Crippen molar-refractivity contribution in [2.75, 3.05) is 26.2 Å². The lowest BCUT2D eigenvalue weighted by Gasteiger charge is -2.21. The second kappa shape index (κ2) is 9.66. The van der Waals surface area contributed by atoms with Crippen LogP contribution in [0, 0.1) is 5.92 Å². The largest absolute Gasteiger partial charge is 0.493 e. The van der Waals surface area contributed by atoms with Gasteiger partial charge in [-0.3, -0.25) is 0 Å². The Balaban J connectivity index is 1.86. The number of benzene rings is 1. The molecule has 0 heterocycles. The van der Waals surface area contributed by atoms with Gasteiger partial charge in [0.25, 0.3) is 0 Å². The Kier molecular flexibility index (Phi) is 7.56. The maximum absolute atomic E-state index is 5.97. The van der Waals surface area contributed by atoms with E-state index in [9.17, 15) is 0 Å². The Morgan fingerprint density at radius 2 is 1.92 bits per heavy atom. The third-order valence-corrected chi connectivity index (χ3v) is 3.97. The molecule has 0 spiro atoms. The van der Waals surface area contributed by atoms with E-state index < -0.39 is 0 Å². The summed E-state index contributed by atoms with van der Waals surface area (Å²) in [5.41, 5.74) is 1.27. The van der Waals surface area contributed by atoms with Crippen molar-refractivity contribution >= 4 is 5.96 Å². The van der Waals surface area contributed by atoms with Crippen molar-refractivity contribution in [2.24, 2.45) is 10.9 Å². The highest BCUT2D eigenvalue weighted by Crippen LogP contribution is 2.30. The van der Waals surface area contributed by atoms with Crippen LogP contribution in [0.25, 0.3) is 0 Å². The van der Waals surface area contributed by atoms with Crippen LogP contribution in [0.2, 0.25) is 0 Å². The van der Waals surface area contributed by atoms with E-state index in [1.54, 1.807) is 0 Å². The topological polar surface area (TPSA) is 57.7 Å². The van der Waals surface area contributed by atoms with E-state index in [1.165, 1.54) is 12.8 Å². The zero-order valence-electron chi connectivity index (χ0n) is 16.2. The number of hydrogen-bond acceptors (Lipinski definition) is 3. The average Bonchev–Trinajstić information content (AvgIpc) is 3.38. The fraction of sp³-hybridized carbons (Fsp3) is 0.650. The van der Waals surface area contributed by atoms with Crippen molar-refractivity contribution in [3.8, 4) is 5.75 Å². The van der Waals surface area contributed by atoms with Gasteiger partial charge < -0.3 is 20.7 Å². The molecule has 1 fully saturated rings. The number of ether oxygens (including phenoxy) is 1. The highest BCUT2D eigenvalue weighted by Gasteiger charge is 2.22. The van der Waals surface area contributed by atoms with Crippen molar-refractivity contribution in [2.45, 2.75) is 52.6 Å². The fourth-order valence-electron chi connectivity index (χ4n) is 2.39. The van der Waals surface area contributed by atoms with Gasteiger partial charge >= 0.3 is 0 Å². The summed E-state index contributed by atoms with van der Waals surface area (Å²) in [5, 5.41) is 10.1. The fourth-order valence-corrected chi connectivity index (χ4v) is 2.39. The molecule has 0 saturated heterocycles. The first-order chi connectivity index (χ1) is 12.0. The second-order valence-electron chi connectivity index (χ2n) is 7.66. The first-order valence-electron chi connectivity index (χ1n) is 9.46. The smallest absolute Gasteiger partial charge is 0.191 e. The van der Waals surface area contributed by atoms with Crippen molar-refractivity contribution < 1.29 is 4.74 Å². The zero-order valence-corrected chi connectivity index (χ0v) is 16.2. The number of rotatable bonds is 9. The van der Waals surface area contributed by atoms with Crippen LogP contribution in [0.15, 0.2) is 29.3 Å². The standard InChI is InChI=1S/C20H34N4O/c1-5-21-19(22-12-13-24-20(2,3)4)23-14-17-8-6-7-9-18(17)25-15-16-10-11-16/h6-9,16,24H,5,10-15H2,1-4H3,(H2,21,22,23). The first-order valence-corrected chi connectivity index (χ1v) is 9.46. The van der Waals surface area contributed by atoms with E-state index in [1.807, 2.05) is 18.2 Å². The minimum atomic E-state index is 0.134. The predicted molar refractivity (Wildman–Crippen MR) is 105 cm³/mol. The van der Waals surface area contributed by atoms with Gasteiger partial charge in [0.05, 0.1) is 13.2 Å². The lowest BCUT2D eigenvalue weighted by molar-refractivity contribution is 0.297. The van der Waals surface area contributed by atoms with Crippen LogP contribution in [0.1, 0.15) is 46.1 Å². The van der Waals surface area contributed by atoms with Gasteiger partial charge in [0.1, 0.15) is 5.75 Å². The summed E-state index contributed by atoms with van der Waals surface area (Å²) in [6.45, 7) is 12.6. The number of aliphatic imine (C=N–C) groups is 1. The molecule has 140 valence electrons. The predicted octanol–water partition coefficient (Wildman–Crippen LogP) is 2.92. The minimum Gasteiger partial charge on any atom is -0.493 e. The van der Waals surface area contributed by atoms with E-state index in [2.05, 4.69) is 49.7 Å². The van der Waals surface area contributed by atoms with Crippen molar-refractivity contribution in [1.29, 1.82) is 0 Å². The van der Waals surface area contributed by atoms with Crippen LogP contribution in [-0.2, 0) is 6.54 Å². The van der Waals surface area contributed by atoms with Gasteiger partial charge in [0.15, 0.2) is 5.96 Å². The molecule has 1 aromatic carbocycles. The molecule has 0 bridgehead atoms. The number of nitrogens with zero attached hydrogens (tertiary/aromatic N) is 1. The third kappa shape index (κ3) is 8.25. The Labute approximate surface area is 152 Å². The molecular weight excluding hydrogens is 312 g/mol. The monoisotopic (exact) mass is 346 g/mol. The summed E-state index contributed by atoms with van der Waals surface area (Å²) in [6, 6.07) is 8.21. The molecule has 0 unspecified atom stereocenters. The highest BCUT2D eigenvalue weighted by molar-refractivity contribution is 5.79. The molecule has 3 N–H and O–H groups in total. The molecule has 1 saturated carbocycles. The average molecular weight is 347 g/mol. The molecule has 0 amide bonds. The van der Waals surface area contributed by atoms with Crippen LogP contribution < -0.4 is 20.7 Å². The normalized spacial score (nSPS) is 15.1. The van der Waals surface area contributed by atoms with Gasteiger partial charge in [0.2, 0.25) is 0 Å². The van der Waals surface area contributed by atoms with Gasteiger partial charge in [-0.15, -0.1) is 0 Å². The molecular formula is C20H34N4O. The summed E-state index contributed by atoms with van der Waals surface area (Å²) < 4.78 is 5.97. The molecule has 5 nitrogen and oxygen atoms in total. The number of guanidine groups is 1. The molecule has 5 heteroatoms.